The van der Waals surface area contributed by atoms with E-state index in [1.807, 2.05) is 6.07 Å². The molecule has 0 aliphatic rings. The van der Waals surface area contributed by atoms with Crippen molar-refractivity contribution in [1.82, 2.24) is 0 Å². The van der Waals surface area contributed by atoms with Gasteiger partial charge in [-0.05, 0) is 64.5 Å². The van der Waals surface area contributed by atoms with Crippen molar-refractivity contribution < 1.29 is 23.1 Å². The average Bonchev–Trinajstić information content (AvgIpc) is 3.12. The molecule has 132 valence electrons. The highest BCUT2D eigenvalue weighted by atomic mass is 79.9. The molecule has 0 bridgehead atoms. The van der Waals surface area contributed by atoms with Crippen LogP contribution in [0.1, 0.15) is 10.6 Å². The van der Waals surface area contributed by atoms with Crippen molar-refractivity contribution in [3.05, 3.63) is 76.7 Å². The standard InChI is InChI=1S/C19H13BrFNO4/c20-14-3-1-2-4-15(14)22-18(23)11-25-19(24)17-10-9-16(26-17)12-5-7-13(21)8-6-12/h1-10H,11H2,(H,22,23). The molecule has 1 aromatic heterocycles. The lowest BCUT2D eigenvalue weighted by Gasteiger charge is -2.07. The van der Waals surface area contributed by atoms with Gasteiger partial charge in [-0.25, -0.2) is 9.18 Å². The number of benzene rings is 2. The first-order valence-electron chi connectivity index (χ1n) is 7.60. The molecule has 0 atom stereocenters. The summed E-state index contributed by atoms with van der Waals surface area (Å²) in [6.07, 6.45) is 0. The lowest BCUT2D eigenvalue weighted by molar-refractivity contribution is -0.119. The number of furan rings is 1. The number of nitrogens with one attached hydrogen (secondary N) is 1. The quantitative estimate of drug-likeness (QED) is 0.613. The Morgan fingerprint density at radius 2 is 1.77 bits per heavy atom. The van der Waals surface area contributed by atoms with E-state index in [1.54, 1.807) is 24.3 Å². The molecule has 2 aromatic carbocycles. The molecule has 0 radical (unpaired) electrons. The maximum Gasteiger partial charge on any atom is 0.374 e. The molecule has 7 heteroatoms. The smallest absolute Gasteiger partial charge is 0.374 e. The molecule has 1 N–H and O–H groups in total. The normalized spacial score (nSPS) is 10.4. The SMILES string of the molecule is O=C(COC(=O)c1ccc(-c2ccc(F)cc2)o1)Nc1ccccc1Br. The van der Waals surface area contributed by atoms with Crippen molar-refractivity contribution in [3.63, 3.8) is 0 Å². The summed E-state index contributed by atoms with van der Waals surface area (Å²) >= 11 is 3.31. The third kappa shape index (κ3) is 4.37. The number of halogens is 2. The summed E-state index contributed by atoms with van der Waals surface area (Å²) in [6.45, 7) is -0.452. The van der Waals surface area contributed by atoms with Crippen LogP contribution < -0.4 is 5.32 Å². The van der Waals surface area contributed by atoms with Gasteiger partial charge in [0.05, 0.1) is 5.69 Å². The molecule has 0 aliphatic carbocycles. The molecule has 5 nitrogen and oxygen atoms in total. The fraction of sp³-hybridized carbons (Fsp3) is 0.0526. The van der Waals surface area contributed by atoms with E-state index < -0.39 is 18.5 Å². The van der Waals surface area contributed by atoms with Crippen LogP contribution >= 0.6 is 15.9 Å². The van der Waals surface area contributed by atoms with Crippen LogP contribution in [-0.4, -0.2) is 18.5 Å². The van der Waals surface area contributed by atoms with Crippen molar-refractivity contribution in [3.8, 4) is 11.3 Å². The van der Waals surface area contributed by atoms with E-state index in [0.29, 0.717) is 17.0 Å². The molecule has 0 spiro atoms. The molecular weight excluding hydrogens is 405 g/mol. The van der Waals surface area contributed by atoms with Crippen LogP contribution in [0.15, 0.2) is 69.6 Å². The fourth-order valence-corrected chi connectivity index (χ4v) is 2.55. The van der Waals surface area contributed by atoms with Gasteiger partial charge in [0.1, 0.15) is 11.6 Å². The van der Waals surface area contributed by atoms with Gasteiger partial charge in [0, 0.05) is 10.0 Å². The van der Waals surface area contributed by atoms with Crippen LogP contribution in [0, 0.1) is 5.82 Å². The van der Waals surface area contributed by atoms with Crippen LogP contribution in [0.2, 0.25) is 0 Å². The number of ether oxygens (including phenoxy) is 1. The van der Waals surface area contributed by atoms with Gasteiger partial charge in [-0.15, -0.1) is 0 Å². The van der Waals surface area contributed by atoms with Crippen molar-refractivity contribution in [2.24, 2.45) is 0 Å². The zero-order chi connectivity index (χ0) is 18.5. The highest BCUT2D eigenvalue weighted by Crippen LogP contribution is 2.23. The van der Waals surface area contributed by atoms with E-state index >= 15 is 0 Å². The molecule has 26 heavy (non-hydrogen) atoms. The lowest BCUT2D eigenvalue weighted by atomic mass is 10.2. The summed E-state index contributed by atoms with van der Waals surface area (Å²) in [4.78, 5) is 23.9. The highest BCUT2D eigenvalue weighted by Gasteiger charge is 2.16. The maximum atomic E-state index is 12.9. The average molecular weight is 418 g/mol. The van der Waals surface area contributed by atoms with Crippen LogP contribution in [0.3, 0.4) is 0 Å². The van der Waals surface area contributed by atoms with E-state index in [-0.39, 0.29) is 11.6 Å². The summed E-state index contributed by atoms with van der Waals surface area (Å²) in [6, 6.07) is 15.7. The molecule has 1 amide bonds. The number of esters is 1. The van der Waals surface area contributed by atoms with Gasteiger partial charge >= 0.3 is 5.97 Å². The number of carbonyl (C=O) groups excluding carboxylic acids is 2. The molecule has 0 saturated carbocycles. The third-order valence-corrected chi connectivity index (χ3v) is 4.11. The number of rotatable bonds is 5. The summed E-state index contributed by atoms with van der Waals surface area (Å²) in [7, 11) is 0. The van der Waals surface area contributed by atoms with Crippen molar-refractivity contribution in [2.45, 2.75) is 0 Å². The molecule has 0 fully saturated rings. The van der Waals surface area contributed by atoms with Crippen molar-refractivity contribution in [1.29, 1.82) is 0 Å². The van der Waals surface area contributed by atoms with Crippen LogP contribution in [0.5, 0.6) is 0 Å². The molecule has 3 rings (SSSR count). The topological polar surface area (TPSA) is 68.5 Å². The second-order valence-electron chi connectivity index (χ2n) is 5.27. The largest absolute Gasteiger partial charge is 0.450 e. The lowest BCUT2D eigenvalue weighted by Crippen LogP contribution is -2.20. The minimum atomic E-state index is -0.763. The minimum Gasteiger partial charge on any atom is -0.450 e. The molecule has 0 aliphatic heterocycles. The zero-order valence-corrected chi connectivity index (χ0v) is 15.0. The van der Waals surface area contributed by atoms with Crippen LogP contribution in [0.4, 0.5) is 10.1 Å². The first-order valence-corrected chi connectivity index (χ1v) is 8.39. The fourth-order valence-electron chi connectivity index (χ4n) is 2.17. The number of para-hydroxylation sites is 1. The van der Waals surface area contributed by atoms with Gasteiger partial charge in [-0.1, -0.05) is 12.1 Å². The zero-order valence-electron chi connectivity index (χ0n) is 13.4. The Morgan fingerprint density at radius 3 is 2.50 bits per heavy atom. The second kappa shape index (κ2) is 7.97. The summed E-state index contributed by atoms with van der Waals surface area (Å²) in [5.41, 5.74) is 1.20. The Morgan fingerprint density at radius 1 is 1.04 bits per heavy atom. The number of anilines is 1. The molecule has 3 aromatic rings. The van der Waals surface area contributed by atoms with Gasteiger partial charge in [0.2, 0.25) is 5.76 Å². The molecule has 1 heterocycles. The Bertz CT molecular complexity index is 937. The van der Waals surface area contributed by atoms with E-state index in [1.165, 1.54) is 30.3 Å². The first-order chi connectivity index (χ1) is 12.5. The maximum absolute atomic E-state index is 12.9. The van der Waals surface area contributed by atoms with Gasteiger partial charge in [-0.3, -0.25) is 4.79 Å². The second-order valence-corrected chi connectivity index (χ2v) is 6.13. The monoisotopic (exact) mass is 417 g/mol. The number of hydrogen-bond acceptors (Lipinski definition) is 4. The number of hydrogen-bond donors (Lipinski definition) is 1. The van der Waals surface area contributed by atoms with Crippen molar-refractivity contribution in [2.75, 3.05) is 11.9 Å². The van der Waals surface area contributed by atoms with Gasteiger partial charge < -0.3 is 14.5 Å². The third-order valence-electron chi connectivity index (χ3n) is 3.42. The molecular formula is C19H13BrFNO4. The Labute approximate surface area is 156 Å². The Balaban J connectivity index is 1.58. The predicted molar refractivity (Wildman–Crippen MR) is 97.2 cm³/mol. The summed E-state index contributed by atoms with van der Waals surface area (Å²) in [5, 5.41) is 2.62. The van der Waals surface area contributed by atoms with Crippen LogP contribution in [0.25, 0.3) is 11.3 Å². The van der Waals surface area contributed by atoms with Gasteiger partial charge in [-0.2, -0.15) is 0 Å². The van der Waals surface area contributed by atoms with Gasteiger partial charge in [0.25, 0.3) is 5.91 Å². The number of amides is 1. The summed E-state index contributed by atoms with van der Waals surface area (Å²) in [5.74, 6) is -1.25. The van der Waals surface area contributed by atoms with E-state index in [0.717, 1.165) is 4.47 Å². The Kier molecular flexibility index (Phi) is 5.48. The minimum absolute atomic E-state index is 0.0435. The van der Waals surface area contributed by atoms with E-state index in [2.05, 4.69) is 21.2 Å². The highest BCUT2D eigenvalue weighted by molar-refractivity contribution is 9.10. The Hall–Kier alpha value is -2.93. The molecule has 0 saturated heterocycles. The number of carbonyl (C=O) groups is 2. The predicted octanol–water partition coefficient (Wildman–Crippen LogP) is 4.64. The van der Waals surface area contributed by atoms with Crippen molar-refractivity contribution >= 4 is 33.5 Å². The first kappa shape index (κ1) is 17.9. The summed E-state index contributed by atoms with van der Waals surface area (Å²) < 4.78 is 24.0. The van der Waals surface area contributed by atoms with E-state index in [4.69, 9.17) is 9.15 Å². The van der Waals surface area contributed by atoms with Crippen LogP contribution in [-0.2, 0) is 9.53 Å². The van der Waals surface area contributed by atoms with E-state index in [9.17, 15) is 14.0 Å². The molecule has 0 unspecified atom stereocenters. The van der Waals surface area contributed by atoms with Gasteiger partial charge in [0.15, 0.2) is 6.61 Å².